The number of hydrogen-bond donors (Lipinski definition) is 2. The van der Waals surface area contributed by atoms with Gasteiger partial charge in [0.25, 0.3) is 10.0 Å². The number of aromatic nitrogens is 1. The van der Waals surface area contributed by atoms with Crippen LogP contribution in [0.1, 0.15) is 51.2 Å². The molecule has 8 nitrogen and oxygen atoms in total. The molecule has 0 fully saturated rings. The van der Waals surface area contributed by atoms with Crippen molar-refractivity contribution in [2.24, 2.45) is 15.5 Å². The van der Waals surface area contributed by atoms with E-state index in [2.05, 4.69) is 9.38 Å². The molecule has 2 rings (SSSR count). The summed E-state index contributed by atoms with van der Waals surface area (Å²) in [5.41, 5.74) is 9.31. The number of anilines is 1. The zero-order chi connectivity index (χ0) is 24.6. The van der Waals surface area contributed by atoms with Crippen LogP contribution in [0.25, 0.3) is 5.57 Å². The fourth-order valence-corrected chi connectivity index (χ4v) is 3.70. The Morgan fingerprint density at radius 1 is 1.21 bits per heavy atom. The number of unbranched alkanes of at least 4 members (excludes halogenated alkanes) is 1. The molecule has 9 heteroatoms. The van der Waals surface area contributed by atoms with Gasteiger partial charge in [0.05, 0.1) is 6.26 Å². The van der Waals surface area contributed by atoms with Crippen molar-refractivity contribution in [1.82, 2.24) is 4.98 Å². The average Bonchev–Trinajstić information content (AvgIpc) is 2.70. The van der Waals surface area contributed by atoms with E-state index >= 15 is 0 Å². The molecule has 0 saturated carbocycles. The first-order valence-electron chi connectivity index (χ1n) is 10.6. The van der Waals surface area contributed by atoms with Crippen LogP contribution in [0.2, 0.25) is 0 Å². The predicted molar refractivity (Wildman–Crippen MR) is 133 cm³/mol. The smallest absolute Gasteiger partial charge is 0.303 e. The first kappa shape index (κ1) is 26.1. The van der Waals surface area contributed by atoms with Gasteiger partial charge >= 0.3 is 5.97 Å². The summed E-state index contributed by atoms with van der Waals surface area (Å²) >= 11 is 0. The summed E-state index contributed by atoms with van der Waals surface area (Å²) in [6, 6.07) is 11.4. The molecule has 1 aromatic heterocycles. The number of sulfonamides is 1. The molecule has 0 amide bonds. The molecule has 0 aliphatic rings. The number of nitrogens with zero attached hydrogens (tertiary/aromatic N) is 3. The molecule has 0 aliphatic heterocycles. The number of aliphatic carboxylic acids is 1. The molecule has 2 aromatic rings. The second-order valence-electron chi connectivity index (χ2n) is 9.03. The molecule has 0 spiro atoms. The number of hydrogen-bond acceptors (Lipinski definition) is 4. The highest BCUT2D eigenvalue weighted by molar-refractivity contribution is 7.89. The largest absolute Gasteiger partial charge is 0.481 e. The number of nitrogens with two attached hydrogens (primary N) is 1. The molecular weight excluding hydrogens is 440 g/mol. The number of allylic oxidation sites excluding steroid dienone is 1. The summed E-state index contributed by atoms with van der Waals surface area (Å²) in [5.74, 6) is -0.926. The van der Waals surface area contributed by atoms with Gasteiger partial charge in [0.1, 0.15) is 0 Å². The summed E-state index contributed by atoms with van der Waals surface area (Å²) in [4.78, 5) is 16.8. The van der Waals surface area contributed by atoms with Gasteiger partial charge in [-0.15, -0.1) is 4.40 Å². The van der Waals surface area contributed by atoms with Crippen LogP contribution in [0.15, 0.2) is 59.3 Å². The van der Waals surface area contributed by atoms with Crippen molar-refractivity contribution in [2.45, 2.75) is 40.0 Å². The first-order valence-corrected chi connectivity index (χ1v) is 12.5. The van der Waals surface area contributed by atoms with Crippen molar-refractivity contribution in [1.29, 1.82) is 0 Å². The molecule has 0 aliphatic carbocycles. The van der Waals surface area contributed by atoms with Crippen molar-refractivity contribution in [3.63, 3.8) is 0 Å². The van der Waals surface area contributed by atoms with Gasteiger partial charge in [-0.2, -0.15) is 0 Å². The van der Waals surface area contributed by atoms with Gasteiger partial charge in [-0.05, 0) is 47.6 Å². The van der Waals surface area contributed by atoms with Crippen molar-refractivity contribution < 1.29 is 18.3 Å². The van der Waals surface area contributed by atoms with Crippen LogP contribution in [-0.2, 0) is 14.8 Å². The quantitative estimate of drug-likeness (QED) is 0.322. The summed E-state index contributed by atoms with van der Waals surface area (Å²) in [7, 11) is -3.67. The number of rotatable bonds is 9. The Kier molecular flexibility index (Phi) is 8.76. The lowest BCUT2D eigenvalue weighted by molar-refractivity contribution is -0.137. The summed E-state index contributed by atoms with van der Waals surface area (Å²) in [6.07, 6.45) is 7.65. The zero-order valence-corrected chi connectivity index (χ0v) is 20.3. The Balaban J connectivity index is 2.53. The Bertz CT molecular complexity index is 1120. The monoisotopic (exact) mass is 472 g/mol. The lowest BCUT2D eigenvalue weighted by atomic mass is 9.94. The minimum Gasteiger partial charge on any atom is -0.481 e. The van der Waals surface area contributed by atoms with E-state index in [1.807, 2.05) is 63.2 Å². The summed E-state index contributed by atoms with van der Waals surface area (Å²) in [6.45, 7) is 6.54. The lowest BCUT2D eigenvalue weighted by Crippen LogP contribution is -2.43. The van der Waals surface area contributed by atoms with Crippen molar-refractivity contribution in [3.05, 3.63) is 66.0 Å². The molecule has 178 valence electrons. The maximum absolute atomic E-state index is 11.7. The van der Waals surface area contributed by atoms with Gasteiger partial charge < -0.3 is 15.7 Å². The Hall–Kier alpha value is -3.20. The maximum atomic E-state index is 11.7. The van der Waals surface area contributed by atoms with E-state index in [-0.39, 0.29) is 17.8 Å². The highest BCUT2D eigenvalue weighted by Gasteiger charge is 2.21. The van der Waals surface area contributed by atoms with Crippen molar-refractivity contribution >= 4 is 33.2 Å². The minimum absolute atomic E-state index is 0.0920. The highest BCUT2D eigenvalue weighted by atomic mass is 32.2. The van der Waals surface area contributed by atoms with Gasteiger partial charge in [0.2, 0.25) is 5.96 Å². The topological polar surface area (TPSA) is 126 Å². The number of carboxylic acid groups (broad SMARTS) is 1. The molecule has 0 bridgehead atoms. The van der Waals surface area contributed by atoms with Gasteiger partial charge in [-0.3, -0.25) is 9.78 Å². The first-order chi connectivity index (χ1) is 15.4. The Morgan fingerprint density at radius 2 is 1.91 bits per heavy atom. The molecule has 1 heterocycles. The third-order valence-electron chi connectivity index (χ3n) is 4.55. The number of benzene rings is 1. The lowest BCUT2D eigenvalue weighted by Gasteiger charge is -2.31. The van der Waals surface area contributed by atoms with Crippen LogP contribution < -0.4 is 10.6 Å². The molecule has 3 N–H and O–H groups in total. The van der Waals surface area contributed by atoms with Crippen LogP contribution in [0.3, 0.4) is 0 Å². The number of carbonyl (C=O) groups is 1. The molecular formula is C24H32N4O4S. The second kappa shape index (κ2) is 11.1. The van der Waals surface area contributed by atoms with Crippen molar-refractivity contribution in [2.75, 3.05) is 17.7 Å². The Morgan fingerprint density at radius 3 is 2.48 bits per heavy atom. The van der Waals surface area contributed by atoms with E-state index in [0.29, 0.717) is 25.1 Å². The Labute approximate surface area is 195 Å². The van der Waals surface area contributed by atoms with Crippen molar-refractivity contribution in [3.8, 4) is 0 Å². The van der Waals surface area contributed by atoms with E-state index < -0.39 is 16.0 Å². The van der Waals surface area contributed by atoms with Crippen LogP contribution in [0.5, 0.6) is 0 Å². The molecule has 0 unspecified atom stereocenters. The molecule has 33 heavy (non-hydrogen) atoms. The number of pyridine rings is 1. The van der Waals surface area contributed by atoms with E-state index in [1.54, 1.807) is 17.3 Å². The summed E-state index contributed by atoms with van der Waals surface area (Å²) < 4.78 is 27.2. The third-order valence-corrected chi connectivity index (χ3v) is 5.07. The van der Waals surface area contributed by atoms with Crippen LogP contribution in [0, 0.1) is 5.41 Å². The SMILES string of the molecule is CC(C)(C)CN(C(N)=NS(C)(=O)=O)c1cccc(/C(=C\CCCC(=O)O)c2cccnc2)c1. The number of guanidine groups is 1. The van der Waals surface area contributed by atoms with Crippen LogP contribution in [0.4, 0.5) is 5.69 Å². The minimum atomic E-state index is -3.67. The second-order valence-corrected chi connectivity index (χ2v) is 10.7. The molecule has 0 radical (unpaired) electrons. The fourth-order valence-electron chi connectivity index (χ4n) is 3.26. The van der Waals surface area contributed by atoms with Gasteiger partial charge in [-0.25, -0.2) is 8.42 Å². The third kappa shape index (κ3) is 9.05. The molecule has 0 atom stereocenters. The number of carboxylic acids is 1. The zero-order valence-electron chi connectivity index (χ0n) is 19.5. The molecule has 0 saturated heterocycles. The van der Waals surface area contributed by atoms with Gasteiger partial charge in [0.15, 0.2) is 0 Å². The summed E-state index contributed by atoms with van der Waals surface area (Å²) in [5, 5.41) is 8.93. The highest BCUT2D eigenvalue weighted by Crippen LogP contribution is 2.29. The van der Waals surface area contributed by atoms with Crippen LogP contribution in [-0.4, -0.2) is 43.2 Å². The average molecular weight is 473 g/mol. The van der Waals surface area contributed by atoms with E-state index in [4.69, 9.17) is 10.8 Å². The standard InChI is InChI=1S/C24H32N4O4S/c1-24(2,3)17-28(23(25)27-33(4,31)32)20-11-7-9-18(15-20)21(12-5-6-13-22(29)30)19-10-8-14-26-16-19/h7-12,14-16H,5-6,13,17H2,1-4H3,(H2,25,27)(H,29,30)/b21-12+. The van der Waals surface area contributed by atoms with E-state index in [9.17, 15) is 13.2 Å². The van der Waals surface area contributed by atoms with E-state index in [0.717, 1.165) is 23.0 Å². The molecule has 1 aromatic carbocycles. The maximum Gasteiger partial charge on any atom is 0.303 e. The fraction of sp³-hybridized carbons (Fsp3) is 0.375. The van der Waals surface area contributed by atoms with E-state index in [1.165, 1.54) is 0 Å². The van der Waals surface area contributed by atoms with Crippen LogP contribution >= 0.6 is 0 Å². The predicted octanol–water partition coefficient (Wildman–Crippen LogP) is 3.90. The normalized spacial score (nSPS) is 13.1. The van der Waals surface area contributed by atoms with Gasteiger partial charge in [-0.1, -0.05) is 45.0 Å². The van der Waals surface area contributed by atoms with Gasteiger partial charge in [0, 0.05) is 36.6 Å².